The number of nitrogens with zero attached hydrogens (tertiary/aromatic N) is 7. The van der Waals surface area contributed by atoms with Crippen molar-refractivity contribution in [1.29, 1.82) is 0 Å². The molecule has 1 atom stereocenters. The lowest BCUT2D eigenvalue weighted by atomic mass is 9.91. The number of likely N-dealkylation sites (tertiary alicyclic amines) is 1. The summed E-state index contributed by atoms with van der Waals surface area (Å²) in [7, 11) is 0. The van der Waals surface area contributed by atoms with E-state index in [9.17, 15) is 28.8 Å². The number of hydrogen-bond acceptors (Lipinski definition) is 11. The Kier molecular flexibility index (Phi) is 16.3. The quantitative estimate of drug-likeness (QED) is 0.0901. The predicted molar refractivity (Wildman–Crippen MR) is 256 cm³/mol. The van der Waals surface area contributed by atoms with Crippen LogP contribution in [-0.2, 0) is 25.7 Å². The maximum absolute atomic E-state index is 13.4. The van der Waals surface area contributed by atoms with Gasteiger partial charge in [-0.1, -0.05) is 31.4 Å². The number of carbonyl (C=O) groups is 6. The summed E-state index contributed by atoms with van der Waals surface area (Å²) < 4.78 is 0. The second-order valence-corrected chi connectivity index (χ2v) is 18.7. The smallest absolute Gasteiger partial charge is 0.255 e. The molecule has 0 spiro atoms. The summed E-state index contributed by atoms with van der Waals surface area (Å²) in [5, 5.41) is 8.79. The van der Waals surface area contributed by atoms with Gasteiger partial charge in [0.2, 0.25) is 23.6 Å². The van der Waals surface area contributed by atoms with Crippen LogP contribution in [-0.4, -0.2) is 143 Å². The predicted octanol–water partition coefficient (Wildman–Crippen LogP) is 4.88. The van der Waals surface area contributed by atoms with Gasteiger partial charge in [-0.25, -0.2) is 4.98 Å². The zero-order valence-electron chi connectivity index (χ0n) is 38.7. The van der Waals surface area contributed by atoms with Gasteiger partial charge in [-0.3, -0.25) is 44.0 Å². The fourth-order valence-electron chi connectivity index (χ4n) is 10.3. The largest absolute Gasteiger partial charge is 0.385 e. The summed E-state index contributed by atoms with van der Waals surface area (Å²) in [5.41, 5.74) is 3.91. The molecule has 0 bridgehead atoms. The maximum Gasteiger partial charge on any atom is 0.255 e. The number of carbonyl (C=O) groups excluding carboxylic acids is 6. The fourth-order valence-corrected chi connectivity index (χ4v) is 10.3. The van der Waals surface area contributed by atoms with Crippen LogP contribution in [0.15, 0.2) is 67.1 Å². The van der Waals surface area contributed by atoms with Crippen molar-refractivity contribution in [2.24, 2.45) is 5.92 Å². The third-order valence-electron chi connectivity index (χ3n) is 14.3. The van der Waals surface area contributed by atoms with E-state index >= 15 is 0 Å². The summed E-state index contributed by atoms with van der Waals surface area (Å²) in [6.45, 7) is 8.36. The number of piperidine rings is 3. The van der Waals surface area contributed by atoms with Gasteiger partial charge in [-0.05, 0) is 99.3 Å². The lowest BCUT2D eigenvalue weighted by molar-refractivity contribution is -0.137. The SMILES string of the molecule is O=C(/C=C/c1cccnc1)NCCCCC1CCN(C(=O)c2ccc(N3CCC(N4CCN(C(=O)CCCCCNc5cccc6c5CN(C5CCC(=O)NC5=O)C6=O)CC4)CC3)nc2)CC1. The van der Waals surface area contributed by atoms with Crippen molar-refractivity contribution >= 4 is 53.0 Å². The standard InChI is InChI=1S/C51H66N10O6/c62-46(17-13-38-9-7-23-52-34-38)54-25-5-3-8-37-19-26-60(27-20-37)50(66)39-14-16-45(55-35-39)58-28-21-40(22-29-58)57-30-32-59(33-31-57)48(64)12-2-1-4-24-53-43-11-6-10-41-42(43)36-61(51(41)67)44-15-18-47(63)56-49(44)65/h6-7,9-11,13-14,16-17,23,34-35,37,40,44,53H,1-5,8,12,15,18-22,24-33,36H2,(H,54,62)(H,56,63,65)/b17-13+. The van der Waals surface area contributed by atoms with E-state index in [1.54, 1.807) is 41.7 Å². The van der Waals surface area contributed by atoms with E-state index in [2.05, 4.69) is 30.7 Å². The Bertz CT molecular complexity index is 2230. The number of imide groups is 1. The number of benzene rings is 1. The molecule has 1 unspecified atom stereocenters. The molecule has 0 aliphatic carbocycles. The summed E-state index contributed by atoms with van der Waals surface area (Å²) in [6, 6.07) is 13.1. The van der Waals surface area contributed by atoms with Crippen molar-refractivity contribution in [3.63, 3.8) is 0 Å². The molecule has 67 heavy (non-hydrogen) atoms. The third kappa shape index (κ3) is 12.4. The van der Waals surface area contributed by atoms with Crippen molar-refractivity contribution in [2.75, 3.05) is 75.7 Å². The van der Waals surface area contributed by atoms with E-state index < -0.39 is 11.9 Å². The molecule has 0 saturated carbocycles. The van der Waals surface area contributed by atoms with Gasteiger partial charge in [-0.15, -0.1) is 0 Å². The second kappa shape index (κ2) is 23.0. The first-order valence-electron chi connectivity index (χ1n) is 24.6. The molecule has 2 aromatic heterocycles. The van der Waals surface area contributed by atoms with Crippen LogP contribution in [0.2, 0.25) is 0 Å². The Morgan fingerprint density at radius 3 is 2.33 bits per heavy atom. The molecule has 1 aromatic carbocycles. The lowest BCUT2D eigenvalue weighted by Crippen LogP contribution is -2.54. The minimum Gasteiger partial charge on any atom is -0.385 e. The van der Waals surface area contributed by atoms with Crippen molar-refractivity contribution in [3.8, 4) is 0 Å². The van der Waals surface area contributed by atoms with E-state index in [-0.39, 0.29) is 36.0 Å². The van der Waals surface area contributed by atoms with Crippen LogP contribution in [0.5, 0.6) is 0 Å². The molecule has 8 rings (SSSR count). The van der Waals surface area contributed by atoms with Gasteiger partial charge in [0.25, 0.3) is 11.8 Å². The van der Waals surface area contributed by atoms with E-state index in [1.165, 1.54) is 0 Å². The number of unbranched alkanes of at least 4 members (excludes halogenated alkanes) is 3. The molecule has 356 valence electrons. The highest BCUT2D eigenvalue weighted by molar-refractivity contribution is 6.06. The molecular weight excluding hydrogens is 849 g/mol. The van der Waals surface area contributed by atoms with Crippen molar-refractivity contribution in [1.82, 2.24) is 40.2 Å². The van der Waals surface area contributed by atoms with E-state index in [0.717, 1.165) is 146 Å². The maximum atomic E-state index is 13.4. The van der Waals surface area contributed by atoms with Crippen LogP contribution in [0.3, 0.4) is 0 Å². The van der Waals surface area contributed by atoms with Crippen LogP contribution in [0, 0.1) is 5.92 Å². The van der Waals surface area contributed by atoms with Crippen LogP contribution in [0.1, 0.15) is 115 Å². The van der Waals surface area contributed by atoms with Gasteiger partial charge in [0.15, 0.2) is 0 Å². The summed E-state index contributed by atoms with van der Waals surface area (Å²) in [6.07, 6.45) is 19.4. The Morgan fingerprint density at radius 1 is 0.776 bits per heavy atom. The Labute approximate surface area is 393 Å². The highest BCUT2D eigenvalue weighted by Gasteiger charge is 2.40. The molecule has 6 amide bonds. The van der Waals surface area contributed by atoms with Crippen molar-refractivity contribution in [3.05, 3.63) is 89.4 Å². The van der Waals surface area contributed by atoms with Gasteiger partial charge in [0, 0.05) is 132 Å². The van der Waals surface area contributed by atoms with Crippen LogP contribution >= 0.6 is 0 Å². The number of hydrogen-bond donors (Lipinski definition) is 3. The molecule has 5 aliphatic heterocycles. The zero-order valence-corrected chi connectivity index (χ0v) is 38.7. The first-order valence-corrected chi connectivity index (χ1v) is 24.6. The molecule has 7 heterocycles. The van der Waals surface area contributed by atoms with Gasteiger partial charge in [0.1, 0.15) is 11.9 Å². The first-order chi connectivity index (χ1) is 32.7. The number of piperazine rings is 1. The van der Waals surface area contributed by atoms with Gasteiger partial charge in [-0.2, -0.15) is 0 Å². The lowest BCUT2D eigenvalue weighted by Gasteiger charge is -2.43. The Balaban J connectivity index is 0.661. The molecule has 16 heteroatoms. The normalized spacial score (nSPS) is 19.8. The molecule has 3 aromatic rings. The summed E-state index contributed by atoms with van der Waals surface area (Å²) in [4.78, 5) is 95.1. The van der Waals surface area contributed by atoms with E-state index in [0.29, 0.717) is 49.0 Å². The zero-order chi connectivity index (χ0) is 46.5. The molecule has 0 radical (unpaired) electrons. The minimum atomic E-state index is -0.634. The Morgan fingerprint density at radius 2 is 1.58 bits per heavy atom. The number of fused-ring (bicyclic) bond motifs is 1. The number of nitrogens with one attached hydrogen (secondary N) is 3. The van der Waals surface area contributed by atoms with Gasteiger partial charge < -0.3 is 30.2 Å². The molecule has 5 aliphatic rings. The van der Waals surface area contributed by atoms with Crippen molar-refractivity contribution in [2.45, 2.75) is 102 Å². The average Bonchev–Trinajstić information content (AvgIpc) is 3.70. The first kappa shape index (κ1) is 47.3. The number of rotatable bonds is 18. The fraction of sp³-hybridized carbons (Fsp3) is 0.529. The molecular formula is C51H66N10O6. The van der Waals surface area contributed by atoms with E-state index in [4.69, 9.17) is 4.98 Å². The highest BCUT2D eigenvalue weighted by Crippen LogP contribution is 2.33. The number of anilines is 2. The van der Waals surface area contributed by atoms with Crippen LogP contribution in [0.4, 0.5) is 11.5 Å². The number of aromatic nitrogens is 2. The monoisotopic (exact) mass is 915 g/mol. The van der Waals surface area contributed by atoms with Gasteiger partial charge in [0.05, 0.1) is 5.56 Å². The molecule has 4 fully saturated rings. The van der Waals surface area contributed by atoms with E-state index in [1.807, 2.05) is 46.2 Å². The highest BCUT2D eigenvalue weighted by atomic mass is 16.2. The Hall–Kier alpha value is -6.16. The molecule has 4 saturated heterocycles. The molecule has 16 nitrogen and oxygen atoms in total. The van der Waals surface area contributed by atoms with Crippen LogP contribution in [0.25, 0.3) is 6.08 Å². The summed E-state index contributed by atoms with van der Waals surface area (Å²) in [5.74, 6) is 0.822. The average molecular weight is 915 g/mol. The number of pyridine rings is 2. The third-order valence-corrected chi connectivity index (χ3v) is 14.3. The minimum absolute atomic E-state index is 0.0547. The topological polar surface area (TPSA) is 180 Å². The molecule has 3 N–H and O–H groups in total. The number of amides is 6. The van der Waals surface area contributed by atoms with Crippen LogP contribution < -0.4 is 20.9 Å². The van der Waals surface area contributed by atoms with Gasteiger partial charge >= 0.3 is 0 Å². The second-order valence-electron chi connectivity index (χ2n) is 18.7. The van der Waals surface area contributed by atoms with Crippen molar-refractivity contribution < 1.29 is 28.8 Å². The summed E-state index contributed by atoms with van der Waals surface area (Å²) >= 11 is 0.